The highest BCUT2D eigenvalue weighted by atomic mass is 32.2. The molecule has 1 unspecified atom stereocenters. The fraction of sp³-hybridized carbons (Fsp3) is 0.261. The molecule has 0 aliphatic carbocycles. The first-order chi connectivity index (χ1) is 13.9. The van der Waals surface area contributed by atoms with Crippen LogP contribution >= 0.6 is 0 Å². The Balaban J connectivity index is 1.54. The molecule has 3 rings (SSSR count). The molecule has 3 aromatic rings. The van der Waals surface area contributed by atoms with Gasteiger partial charge in [-0.25, -0.2) is 13.1 Å². The Hall–Kier alpha value is -2.70. The lowest BCUT2D eigenvalue weighted by atomic mass is 10.0. The number of carbonyl (C=O) groups is 1. The van der Waals surface area contributed by atoms with Gasteiger partial charge in [-0.2, -0.15) is 0 Å². The average molecular weight is 411 g/mol. The number of nitrogens with one attached hydrogen (secondary N) is 2. The maximum absolute atomic E-state index is 12.5. The molecular weight excluding hydrogens is 384 g/mol. The van der Waals surface area contributed by atoms with Crippen molar-refractivity contribution in [2.75, 3.05) is 6.54 Å². The first-order valence-corrected chi connectivity index (χ1v) is 11.2. The summed E-state index contributed by atoms with van der Waals surface area (Å²) in [6.07, 6.45) is 1.04. The van der Waals surface area contributed by atoms with E-state index in [1.54, 1.807) is 18.2 Å². The number of hydrogen-bond donors (Lipinski definition) is 2. The molecule has 152 valence electrons. The lowest BCUT2D eigenvalue weighted by Crippen LogP contribution is -2.32. The summed E-state index contributed by atoms with van der Waals surface area (Å²) in [4.78, 5) is 12.4. The number of amides is 1. The highest BCUT2D eigenvalue weighted by molar-refractivity contribution is 7.89. The van der Waals surface area contributed by atoms with Gasteiger partial charge >= 0.3 is 0 Å². The van der Waals surface area contributed by atoms with Crippen LogP contribution in [0.5, 0.6) is 0 Å². The predicted molar refractivity (Wildman–Crippen MR) is 116 cm³/mol. The van der Waals surface area contributed by atoms with Crippen LogP contribution in [-0.4, -0.2) is 20.9 Å². The van der Waals surface area contributed by atoms with Gasteiger partial charge in [-0.1, -0.05) is 61.5 Å². The van der Waals surface area contributed by atoms with Gasteiger partial charge in [-0.05, 0) is 47.4 Å². The molecule has 6 heteroatoms. The Morgan fingerprint density at radius 2 is 1.66 bits per heavy atom. The zero-order chi connectivity index (χ0) is 20.9. The van der Waals surface area contributed by atoms with Gasteiger partial charge in [-0.3, -0.25) is 4.79 Å². The largest absolute Gasteiger partial charge is 0.350 e. The molecule has 3 aromatic carbocycles. The van der Waals surface area contributed by atoms with Crippen molar-refractivity contribution in [1.82, 2.24) is 10.0 Å². The van der Waals surface area contributed by atoms with E-state index in [1.165, 1.54) is 5.56 Å². The third kappa shape index (κ3) is 5.43. The summed E-state index contributed by atoms with van der Waals surface area (Å²) in [5.41, 5.74) is 2.27. The molecule has 0 aliphatic heterocycles. The van der Waals surface area contributed by atoms with Crippen molar-refractivity contribution in [2.45, 2.75) is 37.6 Å². The van der Waals surface area contributed by atoms with Gasteiger partial charge in [0, 0.05) is 13.0 Å². The van der Waals surface area contributed by atoms with Crippen LogP contribution in [0.3, 0.4) is 0 Å². The van der Waals surface area contributed by atoms with Crippen LogP contribution in [0.15, 0.2) is 71.6 Å². The fourth-order valence-corrected chi connectivity index (χ4v) is 4.22. The average Bonchev–Trinajstić information content (AvgIpc) is 2.73. The zero-order valence-electron chi connectivity index (χ0n) is 16.7. The molecule has 0 fully saturated rings. The van der Waals surface area contributed by atoms with Gasteiger partial charge in [0.25, 0.3) is 0 Å². The number of hydrogen-bond acceptors (Lipinski definition) is 3. The van der Waals surface area contributed by atoms with E-state index in [0.717, 1.165) is 22.8 Å². The molecule has 0 heterocycles. The van der Waals surface area contributed by atoms with E-state index in [0.29, 0.717) is 0 Å². The third-order valence-corrected chi connectivity index (χ3v) is 6.40. The lowest BCUT2D eigenvalue weighted by Gasteiger charge is -2.15. The van der Waals surface area contributed by atoms with Crippen molar-refractivity contribution in [3.05, 3.63) is 77.9 Å². The predicted octanol–water partition coefficient (Wildman–Crippen LogP) is 3.95. The van der Waals surface area contributed by atoms with Gasteiger partial charge < -0.3 is 5.32 Å². The molecule has 0 saturated carbocycles. The van der Waals surface area contributed by atoms with Crippen LogP contribution < -0.4 is 10.0 Å². The molecule has 0 saturated heterocycles. The smallest absolute Gasteiger partial charge is 0.240 e. The summed E-state index contributed by atoms with van der Waals surface area (Å²) in [7, 11) is -3.67. The Labute approximate surface area is 172 Å². The van der Waals surface area contributed by atoms with E-state index in [1.807, 2.05) is 43.3 Å². The molecule has 0 radical (unpaired) electrons. The molecule has 0 aliphatic rings. The Morgan fingerprint density at radius 3 is 2.34 bits per heavy atom. The van der Waals surface area contributed by atoms with Gasteiger partial charge in [0.1, 0.15) is 0 Å². The van der Waals surface area contributed by atoms with Crippen molar-refractivity contribution in [3.63, 3.8) is 0 Å². The summed E-state index contributed by atoms with van der Waals surface area (Å²) in [5.74, 6) is -0.196. The topological polar surface area (TPSA) is 75.3 Å². The summed E-state index contributed by atoms with van der Waals surface area (Å²) in [6.45, 7) is 4.06. The van der Waals surface area contributed by atoms with Gasteiger partial charge in [0.05, 0.1) is 10.9 Å². The van der Waals surface area contributed by atoms with E-state index in [-0.39, 0.29) is 29.8 Å². The molecule has 2 N–H and O–H groups in total. The molecule has 0 bridgehead atoms. The lowest BCUT2D eigenvalue weighted by molar-refractivity contribution is -0.121. The normalized spacial score (nSPS) is 12.6. The highest BCUT2D eigenvalue weighted by Crippen LogP contribution is 2.19. The van der Waals surface area contributed by atoms with Crippen LogP contribution in [0.1, 0.15) is 37.4 Å². The van der Waals surface area contributed by atoms with E-state index >= 15 is 0 Å². The van der Waals surface area contributed by atoms with E-state index in [9.17, 15) is 13.2 Å². The summed E-state index contributed by atoms with van der Waals surface area (Å²) in [5, 5.41) is 4.75. The van der Waals surface area contributed by atoms with Crippen LogP contribution in [0, 0.1) is 0 Å². The van der Waals surface area contributed by atoms with Gasteiger partial charge in [-0.15, -0.1) is 0 Å². The zero-order valence-corrected chi connectivity index (χ0v) is 17.5. The number of rotatable bonds is 8. The van der Waals surface area contributed by atoms with Crippen molar-refractivity contribution in [3.8, 4) is 0 Å². The quantitative estimate of drug-likeness (QED) is 0.590. The Bertz CT molecular complexity index is 1090. The molecule has 0 aromatic heterocycles. The Morgan fingerprint density at radius 1 is 0.966 bits per heavy atom. The molecule has 5 nitrogen and oxygen atoms in total. The minimum Gasteiger partial charge on any atom is -0.350 e. The third-order valence-electron chi connectivity index (χ3n) is 4.94. The van der Waals surface area contributed by atoms with E-state index in [2.05, 4.69) is 29.1 Å². The number of carbonyl (C=O) groups excluding carboxylic acids is 1. The van der Waals surface area contributed by atoms with E-state index < -0.39 is 10.0 Å². The van der Waals surface area contributed by atoms with Crippen LogP contribution in [-0.2, 0) is 21.2 Å². The van der Waals surface area contributed by atoms with E-state index in [4.69, 9.17) is 0 Å². The summed E-state index contributed by atoms with van der Waals surface area (Å²) < 4.78 is 27.5. The second-order valence-electron chi connectivity index (χ2n) is 7.04. The highest BCUT2D eigenvalue weighted by Gasteiger charge is 2.15. The molecule has 1 atom stereocenters. The Kier molecular flexibility index (Phi) is 6.67. The number of fused-ring (bicyclic) bond motifs is 1. The monoisotopic (exact) mass is 410 g/mol. The van der Waals surface area contributed by atoms with Crippen molar-refractivity contribution >= 4 is 26.7 Å². The van der Waals surface area contributed by atoms with Crippen molar-refractivity contribution in [1.29, 1.82) is 0 Å². The SMILES string of the molecule is CCc1ccc(C(C)NC(=O)CCNS(=O)(=O)c2ccc3ccccc3c2)cc1. The second-order valence-corrected chi connectivity index (χ2v) is 8.81. The number of sulfonamides is 1. The van der Waals surface area contributed by atoms with Crippen LogP contribution in [0.4, 0.5) is 0 Å². The number of benzene rings is 3. The minimum atomic E-state index is -3.67. The van der Waals surface area contributed by atoms with Gasteiger partial charge in [0.2, 0.25) is 15.9 Å². The molecule has 0 spiro atoms. The van der Waals surface area contributed by atoms with Crippen LogP contribution in [0.25, 0.3) is 10.8 Å². The summed E-state index contributed by atoms with van der Waals surface area (Å²) >= 11 is 0. The summed E-state index contributed by atoms with van der Waals surface area (Å²) in [6, 6.07) is 20.6. The fourth-order valence-electron chi connectivity index (χ4n) is 3.16. The van der Waals surface area contributed by atoms with Crippen molar-refractivity contribution < 1.29 is 13.2 Å². The minimum absolute atomic E-state index is 0.0441. The van der Waals surface area contributed by atoms with Gasteiger partial charge in [0.15, 0.2) is 0 Å². The first-order valence-electron chi connectivity index (χ1n) is 9.75. The molecular formula is C23H26N2O3S. The standard InChI is InChI=1S/C23H26N2O3S/c1-3-18-8-10-19(11-9-18)17(2)25-23(26)14-15-24-29(27,28)22-13-12-20-6-4-5-7-21(20)16-22/h4-13,16-17,24H,3,14-15H2,1-2H3,(H,25,26). The van der Waals surface area contributed by atoms with Crippen molar-refractivity contribution in [2.24, 2.45) is 0 Å². The molecule has 29 heavy (non-hydrogen) atoms. The maximum atomic E-state index is 12.5. The first kappa shape index (κ1) is 21.0. The second kappa shape index (κ2) is 9.20. The van der Waals surface area contributed by atoms with Crippen LogP contribution in [0.2, 0.25) is 0 Å². The maximum Gasteiger partial charge on any atom is 0.240 e. The molecule has 1 amide bonds. The number of aryl methyl sites for hydroxylation is 1.